The molecule has 0 spiro atoms. The molecule has 4 rings (SSSR count). The Morgan fingerprint density at radius 1 is 0.939 bits per heavy atom. The highest BCUT2D eigenvalue weighted by Gasteiger charge is 2.22. The molecule has 2 aromatic heterocycles. The molecule has 0 fully saturated rings. The van der Waals surface area contributed by atoms with Crippen LogP contribution in [0.4, 0.5) is 5.69 Å². The molecule has 0 radical (unpaired) electrons. The predicted molar refractivity (Wildman–Crippen MR) is 131 cm³/mol. The van der Waals surface area contributed by atoms with E-state index in [4.69, 9.17) is 11.6 Å². The van der Waals surface area contributed by atoms with E-state index < -0.39 is 10.0 Å². The van der Waals surface area contributed by atoms with Crippen molar-refractivity contribution >= 4 is 27.3 Å². The predicted octanol–water partition coefficient (Wildman–Crippen LogP) is 5.30. The Morgan fingerprint density at radius 3 is 2.27 bits per heavy atom. The number of hydrogen-bond donors (Lipinski definition) is 1. The Labute approximate surface area is 198 Å². The summed E-state index contributed by atoms with van der Waals surface area (Å²) < 4.78 is 30.7. The molecule has 0 aliphatic heterocycles. The van der Waals surface area contributed by atoms with Crippen LogP contribution in [0.15, 0.2) is 71.8 Å². The van der Waals surface area contributed by atoms with E-state index in [2.05, 4.69) is 40.7 Å². The fourth-order valence-corrected chi connectivity index (χ4v) is 4.66. The van der Waals surface area contributed by atoms with Gasteiger partial charge in [0.05, 0.1) is 10.6 Å². The summed E-state index contributed by atoms with van der Waals surface area (Å²) in [5, 5.41) is 8.98. The Kier molecular flexibility index (Phi) is 5.99. The molecule has 0 saturated heterocycles. The van der Waals surface area contributed by atoms with Crippen LogP contribution in [0.1, 0.15) is 26.3 Å². The van der Waals surface area contributed by atoms with E-state index in [1.165, 1.54) is 0 Å². The molecule has 0 aliphatic rings. The van der Waals surface area contributed by atoms with Crippen molar-refractivity contribution in [1.82, 2.24) is 19.7 Å². The van der Waals surface area contributed by atoms with Crippen molar-refractivity contribution in [3.63, 3.8) is 0 Å². The molecule has 7 nitrogen and oxygen atoms in total. The smallest absolute Gasteiger partial charge is 0.261 e. The Hall–Kier alpha value is -3.23. The molecule has 1 N–H and O–H groups in total. The Bertz CT molecular complexity index is 1390. The molecule has 0 aliphatic carbocycles. The molecule has 33 heavy (non-hydrogen) atoms. The zero-order chi connectivity index (χ0) is 23.8. The normalized spacial score (nSPS) is 12.0. The maximum atomic E-state index is 13.1. The van der Waals surface area contributed by atoms with Gasteiger partial charge in [-0.05, 0) is 53.4 Å². The standard InChI is InChI=1S/C24H24ClN5O2S/c1-24(2,3)16-8-11-18(12-9-16)33(31,32)29-20-13-10-17(25)15-19(20)22-27-28-23(30(22)4)21-7-5-6-14-26-21/h5-15,29H,1-4H3. The molecule has 4 aromatic rings. The summed E-state index contributed by atoms with van der Waals surface area (Å²) in [6.45, 7) is 6.23. The lowest BCUT2D eigenvalue weighted by molar-refractivity contribution is 0.587. The van der Waals surface area contributed by atoms with Gasteiger partial charge in [-0.3, -0.25) is 9.71 Å². The summed E-state index contributed by atoms with van der Waals surface area (Å²) >= 11 is 6.24. The fourth-order valence-electron chi connectivity index (χ4n) is 3.41. The first-order chi connectivity index (χ1) is 15.6. The van der Waals surface area contributed by atoms with Gasteiger partial charge in [0.1, 0.15) is 5.69 Å². The van der Waals surface area contributed by atoms with Gasteiger partial charge in [0, 0.05) is 23.8 Å². The first kappa shape index (κ1) is 22.9. The van der Waals surface area contributed by atoms with Gasteiger partial charge in [-0.15, -0.1) is 10.2 Å². The van der Waals surface area contributed by atoms with E-state index in [-0.39, 0.29) is 10.3 Å². The van der Waals surface area contributed by atoms with Crippen LogP contribution < -0.4 is 4.72 Å². The molecule has 0 saturated carbocycles. The quantitative estimate of drug-likeness (QED) is 0.418. The van der Waals surface area contributed by atoms with Crippen molar-refractivity contribution in [1.29, 1.82) is 0 Å². The average Bonchev–Trinajstić information content (AvgIpc) is 3.16. The highest BCUT2D eigenvalue weighted by atomic mass is 35.5. The van der Waals surface area contributed by atoms with Crippen molar-refractivity contribution in [3.05, 3.63) is 77.4 Å². The van der Waals surface area contributed by atoms with Crippen LogP contribution in [0.2, 0.25) is 5.02 Å². The second-order valence-electron chi connectivity index (χ2n) is 8.69. The summed E-state index contributed by atoms with van der Waals surface area (Å²) in [5.41, 5.74) is 2.49. The molecule has 0 unspecified atom stereocenters. The van der Waals surface area contributed by atoms with Gasteiger partial charge in [0.15, 0.2) is 11.6 Å². The molecule has 9 heteroatoms. The van der Waals surface area contributed by atoms with Gasteiger partial charge < -0.3 is 4.57 Å². The Morgan fingerprint density at radius 2 is 1.64 bits per heavy atom. The molecule has 170 valence electrons. The lowest BCUT2D eigenvalue weighted by atomic mass is 9.87. The molecular formula is C24H24ClN5O2S. The zero-order valence-corrected chi connectivity index (χ0v) is 20.3. The first-order valence-electron chi connectivity index (χ1n) is 10.3. The van der Waals surface area contributed by atoms with Crippen LogP contribution >= 0.6 is 11.6 Å². The second-order valence-corrected chi connectivity index (χ2v) is 10.8. The zero-order valence-electron chi connectivity index (χ0n) is 18.7. The summed E-state index contributed by atoms with van der Waals surface area (Å²) in [6, 6.07) is 17.3. The minimum atomic E-state index is -3.84. The molecule has 2 aromatic carbocycles. The highest BCUT2D eigenvalue weighted by molar-refractivity contribution is 7.92. The van der Waals surface area contributed by atoms with Gasteiger partial charge in [-0.2, -0.15) is 0 Å². The van der Waals surface area contributed by atoms with Gasteiger partial charge in [-0.1, -0.05) is 50.6 Å². The molecule has 0 bridgehead atoms. The topological polar surface area (TPSA) is 89.8 Å². The van der Waals surface area contributed by atoms with E-state index in [1.54, 1.807) is 48.1 Å². The van der Waals surface area contributed by atoms with Crippen LogP contribution in [0.5, 0.6) is 0 Å². The number of halogens is 1. The third-order valence-corrected chi connectivity index (χ3v) is 6.88. The number of pyridine rings is 1. The van der Waals surface area contributed by atoms with Crippen LogP contribution in [-0.2, 0) is 22.5 Å². The number of nitrogens with one attached hydrogen (secondary N) is 1. The van der Waals surface area contributed by atoms with Gasteiger partial charge >= 0.3 is 0 Å². The monoisotopic (exact) mass is 481 g/mol. The van der Waals surface area contributed by atoms with E-state index >= 15 is 0 Å². The first-order valence-corrected chi connectivity index (χ1v) is 12.2. The van der Waals surface area contributed by atoms with Crippen molar-refractivity contribution in [3.8, 4) is 22.9 Å². The maximum absolute atomic E-state index is 13.1. The molecule has 0 amide bonds. The van der Waals surface area contributed by atoms with Crippen LogP contribution in [0.3, 0.4) is 0 Å². The largest absolute Gasteiger partial charge is 0.309 e. The van der Waals surface area contributed by atoms with Gasteiger partial charge in [0.2, 0.25) is 0 Å². The van der Waals surface area contributed by atoms with Crippen molar-refractivity contribution in [2.45, 2.75) is 31.1 Å². The van der Waals surface area contributed by atoms with E-state index in [9.17, 15) is 8.42 Å². The lowest BCUT2D eigenvalue weighted by Gasteiger charge is -2.19. The average molecular weight is 482 g/mol. The minimum Gasteiger partial charge on any atom is -0.309 e. The Balaban J connectivity index is 1.72. The van der Waals surface area contributed by atoms with Gasteiger partial charge in [-0.25, -0.2) is 8.42 Å². The van der Waals surface area contributed by atoms with Gasteiger partial charge in [0.25, 0.3) is 10.0 Å². The summed E-state index contributed by atoms with van der Waals surface area (Å²) in [4.78, 5) is 4.49. The number of sulfonamides is 1. The van der Waals surface area contributed by atoms with E-state index in [0.29, 0.717) is 33.6 Å². The summed E-state index contributed by atoms with van der Waals surface area (Å²) in [6.07, 6.45) is 1.67. The van der Waals surface area contributed by atoms with Crippen molar-refractivity contribution in [2.75, 3.05) is 4.72 Å². The SMILES string of the molecule is Cn1c(-c2ccccn2)nnc1-c1cc(Cl)ccc1NS(=O)(=O)c1ccc(C(C)(C)C)cc1. The summed E-state index contributed by atoms with van der Waals surface area (Å²) in [7, 11) is -2.04. The van der Waals surface area contributed by atoms with Crippen molar-refractivity contribution < 1.29 is 8.42 Å². The van der Waals surface area contributed by atoms with E-state index in [0.717, 1.165) is 5.56 Å². The van der Waals surface area contributed by atoms with Crippen LogP contribution in [-0.4, -0.2) is 28.2 Å². The highest BCUT2D eigenvalue weighted by Crippen LogP contribution is 2.33. The lowest BCUT2D eigenvalue weighted by Crippen LogP contribution is -2.15. The second kappa shape index (κ2) is 8.61. The van der Waals surface area contributed by atoms with Crippen LogP contribution in [0.25, 0.3) is 22.9 Å². The summed E-state index contributed by atoms with van der Waals surface area (Å²) in [5.74, 6) is 1.01. The third kappa shape index (κ3) is 4.77. The maximum Gasteiger partial charge on any atom is 0.261 e. The van der Waals surface area contributed by atoms with Crippen LogP contribution in [0, 0.1) is 0 Å². The number of benzene rings is 2. The molecule has 0 atom stereocenters. The number of nitrogens with zero attached hydrogens (tertiary/aromatic N) is 4. The number of hydrogen-bond acceptors (Lipinski definition) is 5. The fraction of sp³-hybridized carbons (Fsp3) is 0.208. The minimum absolute atomic E-state index is 0.0738. The number of anilines is 1. The van der Waals surface area contributed by atoms with Crippen molar-refractivity contribution in [2.24, 2.45) is 7.05 Å². The van der Waals surface area contributed by atoms with E-state index in [1.807, 2.05) is 30.3 Å². The number of aromatic nitrogens is 4. The molecule has 2 heterocycles. The molecular weight excluding hydrogens is 458 g/mol. The third-order valence-electron chi connectivity index (χ3n) is 5.27. The number of rotatable bonds is 5.